The largest absolute Gasteiger partial charge is 0.395 e. The first-order valence-electron chi connectivity index (χ1n) is 6.04. The van der Waals surface area contributed by atoms with Crippen LogP contribution in [-0.4, -0.2) is 43.9 Å². The predicted octanol–water partition coefficient (Wildman–Crippen LogP) is 1.21. The Balaban J connectivity index is 3.43. The molecule has 0 aromatic heterocycles. The van der Waals surface area contributed by atoms with Gasteiger partial charge in [-0.05, 0) is 26.0 Å². The molecule has 0 heterocycles. The average Bonchev–Trinajstić information content (AvgIpc) is 2.33. The van der Waals surface area contributed by atoms with Crippen molar-refractivity contribution in [2.24, 2.45) is 0 Å². The number of aliphatic hydroxyl groups excluding tert-OH is 1. The minimum atomic E-state index is -3.51. The maximum atomic E-state index is 11.5. The van der Waals surface area contributed by atoms with Crippen LogP contribution in [0.2, 0.25) is 0 Å². The molecule has 8 heteroatoms. The standard InChI is InChI=1S/C12H18N2O5S/c1-9(2)13(6-7-15)11-5-4-10(20(3,18)19)8-12(11)14(16)17/h4-5,8-9,15H,6-7H2,1-3H3. The van der Waals surface area contributed by atoms with Gasteiger partial charge < -0.3 is 10.0 Å². The molecule has 0 aliphatic heterocycles. The van der Waals surface area contributed by atoms with Crippen molar-refractivity contribution in [3.05, 3.63) is 28.3 Å². The van der Waals surface area contributed by atoms with Crippen LogP contribution < -0.4 is 4.90 Å². The Kier molecular flexibility index (Phi) is 5.07. The third-order valence-corrected chi connectivity index (χ3v) is 3.96. The fraction of sp³-hybridized carbons (Fsp3) is 0.500. The summed E-state index contributed by atoms with van der Waals surface area (Å²) in [5.74, 6) is 0. The number of hydrogen-bond donors (Lipinski definition) is 1. The zero-order chi connectivity index (χ0) is 15.5. The second-order valence-electron chi connectivity index (χ2n) is 4.69. The fourth-order valence-corrected chi connectivity index (χ4v) is 2.53. The van der Waals surface area contributed by atoms with Gasteiger partial charge in [0.1, 0.15) is 5.69 Å². The fourth-order valence-electron chi connectivity index (χ4n) is 1.89. The molecule has 1 aromatic rings. The van der Waals surface area contributed by atoms with E-state index in [1.54, 1.807) is 4.90 Å². The van der Waals surface area contributed by atoms with E-state index in [-0.39, 0.29) is 29.8 Å². The minimum absolute atomic E-state index is 0.0649. The van der Waals surface area contributed by atoms with Gasteiger partial charge in [-0.2, -0.15) is 0 Å². The monoisotopic (exact) mass is 302 g/mol. The number of nitro groups is 1. The SMILES string of the molecule is CC(C)N(CCO)c1ccc(S(C)(=O)=O)cc1[N+](=O)[O-]. The number of aliphatic hydroxyl groups is 1. The molecule has 0 fully saturated rings. The van der Waals surface area contributed by atoms with Crippen LogP contribution in [0.25, 0.3) is 0 Å². The lowest BCUT2D eigenvalue weighted by atomic mass is 10.2. The lowest BCUT2D eigenvalue weighted by Crippen LogP contribution is -2.33. The van der Waals surface area contributed by atoms with Gasteiger partial charge in [0.2, 0.25) is 0 Å². The molecular formula is C12H18N2O5S. The summed E-state index contributed by atoms with van der Waals surface area (Å²) in [5, 5.41) is 20.2. The predicted molar refractivity (Wildman–Crippen MR) is 75.8 cm³/mol. The number of nitro benzene ring substituents is 1. The summed E-state index contributed by atoms with van der Waals surface area (Å²) >= 11 is 0. The van der Waals surface area contributed by atoms with E-state index in [2.05, 4.69) is 0 Å². The van der Waals surface area contributed by atoms with E-state index < -0.39 is 14.8 Å². The zero-order valence-electron chi connectivity index (χ0n) is 11.6. The van der Waals surface area contributed by atoms with Crippen molar-refractivity contribution in [3.8, 4) is 0 Å². The van der Waals surface area contributed by atoms with Gasteiger partial charge >= 0.3 is 0 Å². The van der Waals surface area contributed by atoms with Gasteiger partial charge in [0, 0.05) is 24.9 Å². The summed E-state index contributed by atoms with van der Waals surface area (Å²) in [5.41, 5.74) is 0.0153. The van der Waals surface area contributed by atoms with E-state index >= 15 is 0 Å². The van der Waals surface area contributed by atoms with Crippen LogP contribution in [0.4, 0.5) is 11.4 Å². The Labute approximate surface area is 117 Å². The smallest absolute Gasteiger partial charge is 0.293 e. The molecule has 1 N–H and O–H groups in total. The summed E-state index contributed by atoms with van der Waals surface area (Å²) in [6.07, 6.45) is 1.000. The van der Waals surface area contributed by atoms with Crippen LogP contribution in [0.5, 0.6) is 0 Å². The molecule has 20 heavy (non-hydrogen) atoms. The number of sulfone groups is 1. The molecule has 0 aliphatic carbocycles. The summed E-state index contributed by atoms with van der Waals surface area (Å²) in [4.78, 5) is 12.1. The van der Waals surface area contributed by atoms with Gasteiger partial charge in [-0.1, -0.05) is 0 Å². The highest BCUT2D eigenvalue weighted by Gasteiger charge is 2.23. The molecule has 0 unspecified atom stereocenters. The maximum absolute atomic E-state index is 11.5. The van der Waals surface area contributed by atoms with Gasteiger partial charge in [0.05, 0.1) is 16.4 Å². The van der Waals surface area contributed by atoms with Gasteiger partial charge in [-0.15, -0.1) is 0 Å². The third-order valence-electron chi connectivity index (χ3n) is 2.85. The number of anilines is 1. The number of rotatable bonds is 6. The van der Waals surface area contributed by atoms with Crippen LogP contribution in [0.15, 0.2) is 23.1 Å². The summed E-state index contributed by atoms with van der Waals surface area (Å²) < 4.78 is 22.9. The lowest BCUT2D eigenvalue weighted by Gasteiger charge is -2.27. The van der Waals surface area contributed by atoms with E-state index in [4.69, 9.17) is 5.11 Å². The molecule has 1 aromatic carbocycles. The Bertz CT molecular complexity index is 598. The first-order valence-corrected chi connectivity index (χ1v) is 7.93. The quantitative estimate of drug-likeness (QED) is 0.626. The van der Waals surface area contributed by atoms with E-state index in [0.29, 0.717) is 5.69 Å². The minimum Gasteiger partial charge on any atom is -0.395 e. The molecule has 0 bridgehead atoms. The molecule has 1 rings (SSSR count). The van der Waals surface area contributed by atoms with Crippen LogP contribution in [0.3, 0.4) is 0 Å². The highest BCUT2D eigenvalue weighted by Crippen LogP contribution is 2.31. The molecule has 0 saturated carbocycles. The molecule has 0 saturated heterocycles. The average molecular weight is 302 g/mol. The van der Waals surface area contributed by atoms with Crippen LogP contribution >= 0.6 is 0 Å². The third kappa shape index (κ3) is 3.67. The first-order chi connectivity index (χ1) is 9.18. The van der Waals surface area contributed by atoms with E-state index in [1.807, 2.05) is 13.8 Å². The number of nitrogens with zero attached hydrogens (tertiary/aromatic N) is 2. The molecular weight excluding hydrogens is 284 g/mol. The van der Waals surface area contributed by atoms with Crippen LogP contribution in [0.1, 0.15) is 13.8 Å². The zero-order valence-corrected chi connectivity index (χ0v) is 12.4. The highest BCUT2D eigenvalue weighted by atomic mass is 32.2. The van der Waals surface area contributed by atoms with E-state index in [1.165, 1.54) is 12.1 Å². The topological polar surface area (TPSA) is 101 Å². The van der Waals surface area contributed by atoms with Crippen LogP contribution in [0, 0.1) is 10.1 Å². The number of hydrogen-bond acceptors (Lipinski definition) is 6. The molecule has 0 amide bonds. The van der Waals surface area contributed by atoms with Crippen molar-refractivity contribution in [3.63, 3.8) is 0 Å². The summed E-state index contributed by atoms with van der Waals surface area (Å²) in [6.45, 7) is 3.76. The molecule has 112 valence electrons. The normalized spacial score (nSPS) is 11.7. The van der Waals surface area contributed by atoms with E-state index in [0.717, 1.165) is 12.3 Å². The molecule has 7 nitrogen and oxygen atoms in total. The molecule has 0 radical (unpaired) electrons. The van der Waals surface area contributed by atoms with Crippen molar-refractivity contribution >= 4 is 21.2 Å². The Morgan fingerprint density at radius 2 is 2.00 bits per heavy atom. The van der Waals surface area contributed by atoms with Gasteiger partial charge in [0.15, 0.2) is 9.84 Å². The highest BCUT2D eigenvalue weighted by molar-refractivity contribution is 7.90. The number of benzene rings is 1. The first kappa shape index (κ1) is 16.4. The lowest BCUT2D eigenvalue weighted by molar-refractivity contribution is -0.384. The Hall–Kier alpha value is -1.67. The summed E-state index contributed by atoms with van der Waals surface area (Å²) in [7, 11) is -3.51. The van der Waals surface area contributed by atoms with Crippen molar-refractivity contribution < 1.29 is 18.4 Å². The Morgan fingerprint density at radius 1 is 1.40 bits per heavy atom. The Morgan fingerprint density at radius 3 is 2.40 bits per heavy atom. The summed E-state index contributed by atoms with van der Waals surface area (Å²) in [6, 6.07) is 3.73. The molecule has 0 atom stereocenters. The van der Waals surface area contributed by atoms with E-state index in [9.17, 15) is 18.5 Å². The van der Waals surface area contributed by atoms with Gasteiger partial charge in [-0.3, -0.25) is 10.1 Å². The van der Waals surface area contributed by atoms with Crippen molar-refractivity contribution in [1.82, 2.24) is 0 Å². The second-order valence-corrected chi connectivity index (χ2v) is 6.71. The van der Waals surface area contributed by atoms with Crippen molar-refractivity contribution in [1.29, 1.82) is 0 Å². The van der Waals surface area contributed by atoms with Crippen molar-refractivity contribution in [2.45, 2.75) is 24.8 Å². The van der Waals surface area contributed by atoms with Gasteiger partial charge in [0.25, 0.3) is 5.69 Å². The van der Waals surface area contributed by atoms with Crippen molar-refractivity contribution in [2.75, 3.05) is 24.3 Å². The molecule has 0 aliphatic rings. The second kappa shape index (κ2) is 6.19. The van der Waals surface area contributed by atoms with Gasteiger partial charge in [-0.25, -0.2) is 8.42 Å². The molecule has 0 spiro atoms. The maximum Gasteiger partial charge on any atom is 0.293 e. The van der Waals surface area contributed by atoms with Crippen LogP contribution in [-0.2, 0) is 9.84 Å².